The molecule has 0 amide bonds. The third-order valence-corrected chi connectivity index (χ3v) is 2.31. The fourth-order valence-corrected chi connectivity index (χ4v) is 1.37. The van der Waals surface area contributed by atoms with Gasteiger partial charge in [0.05, 0.1) is 0 Å². The van der Waals surface area contributed by atoms with Gasteiger partial charge in [0.25, 0.3) is 0 Å². The molecule has 0 aromatic rings. The summed E-state index contributed by atoms with van der Waals surface area (Å²) >= 11 is 0. The lowest BCUT2D eigenvalue weighted by atomic mass is 10.0. The van der Waals surface area contributed by atoms with Gasteiger partial charge in [0.15, 0.2) is 0 Å². The van der Waals surface area contributed by atoms with Crippen LogP contribution >= 0.6 is 0 Å². The molecular formula is C11H23N. The molecule has 1 unspecified atom stereocenters. The Bertz CT molecular complexity index is 114. The molecule has 1 atom stereocenters. The van der Waals surface area contributed by atoms with Crippen LogP contribution in [0.15, 0.2) is 12.2 Å². The molecule has 0 saturated heterocycles. The smallest absolute Gasteiger partial charge is 0.00614 e. The molecule has 1 nitrogen and oxygen atoms in total. The fourth-order valence-electron chi connectivity index (χ4n) is 1.37. The van der Waals surface area contributed by atoms with E-state index in [-0.39, 0.29) is 0 Å². The lowest BCUT2D eigenvalue weighted by Gasteiger charge is -2.12. The minimum absolute atomic E-state index is 0.718. The molecular weight excluding hydrogens is 146 g/mol. The second kappa shape index (κ2) is 7.35. The van der Waals surface area contributed by atoms with Crippen LogP contribution in [-0.2, 0) is 0 Å². The summed E-state index contributed by atoms with van der Waals surface area (Å²) in [5.74, 6) is 0. The monoisotopic (exact) mass is 169 g/mol. The van der Waals surface area contributed by atoms with Gasteiger partial charge in [-0.05, 0) is 39.7 Å². The Morgan fingerprint density at radius 2 is 2.08 bits per heavy atom. The molecule has 0 radical (unpaired) electrons. The van der Waals surface area contributed by atoms with Crippen LogP contribution in [0.1, 0.15) is 46.0 Å². The molecule has 0 aromatic heterocycles. The van der Waals surface area contributed by atoms with Crippen LogP contribution in [0.3, 0.4) is 0 Å². The highest BCUT2D eigenvalue weighted by Crippen LogP contribution is 2.09. The molecule has 0 fully saturated rings. The number of hydrogen-bond donors (Lipinski definition) is 1. The first-order valence-electron chi connectivity index (χ1n) is 5.02. The van der Waals surface area contributed by atoms with Gasteiger partial charge in [-0.25, -0.2) is 0 Å². The third kappa shape index (κ3) is 6.41. The van der Waals surface area contributed by atoms with Crippen molar-refractivity contribution < 1.29 is 0 Å². The van der Waals surface area contributed by atoms with Crippen LogP contribution in [-0.4, -0.2) is 13.1 Å². The average Bonchev–Trinajstić information content (AvgIpc) is 2.04. The van der Waals surface area contributed by atoms with Gasteiger partial charge >= 0.3 is 0 Å². The average molecular weight is 169 g/mol. The van der Waals surface area contributed by atoms with Crippen LogP contribution in [0, 0.1) is 0 Å². The van der Waals surface area contributed by atoms with Crippen molar-refractivity contribution in [2.45, 2.75) is 52.0 Å². The molecule has 0 bridgehead atoms. The van der Waals surface area contributed by atoms with Crippen LogP contribution < -0.4 is 5.32 Å². The first kappa shape index (κ1) is 11.7. The van der Waals surface area contributed by atoms with E-state index in [0.29, 0.717) is 0 Å². The van der Waals surface area contributed by atoms with E-state index >= 15 is 0 Å². The molecule has 0 aliphatic heterocycles. The quantitative estimate of drug-likeness (QED) is 0.456. The summed E-state index contributed by atoms with van der Waals surface area (Å²) < 4.78 is 0. The number of hydrogen-bond acceptors (Lipinski definition) is 1. The molecule has 0 saturated carbocycles. The molecule has 0 spiro atoms. The molecule has 0 heterocycles. The summed E-state index contributed by atoms with van der Waals surface area (Å²) in [5, 5.41) is 3.32. The Morgan fingerprint density at radius 3 is 2.50 bits per heavy atom. The molecule has 1 N–H and O–H groups in total. The molecule has 72 valence electrons. The van der Waals surface area contributed by atoms with Gasteiger partial charge in [-0.2, -0.15) is 0 Å². The lowest BCUT2D eigenvalue weighted by molar-refractivity contribution is 0.482. The highest BCUT2D eigenvalue weighted by atomic mass is 14.9. The van der Waals surface area contributed by atoms with Crippen molar-refractivity contribution in [1.29, 1.82) is 0 Å². The SMILES string of the molecule is C=C(C)CCCCC(CC)NC. The number of rotatable bonds is 7. The van der Waals surface area contributed by atoms with Gasteiger partial charge in [-0.15, -0.1) is 6.58 Å². The summed E-state index contributed by atoms with van der Waals surface area (Å²) in [7, 11) is 2.05. The highest BCUT2D eigenvalue weighted by Gasteiger charge is 2.01. The third-order valence-electron chi connectivity index (χ3n) is 2.31. The minimum Gasteiger partial charge on any atom is -0.317 e. The molecule has 0 rings (SSSR count). The van der Waals surface area contributed by atoms with E-state index in [0.717, 1.165) is 6.04 Å². The summed E-state index contributed by atoms with van der Waals surface area (Å²) in [6.07, 6.45) is 6.36. The molecule has 12 heavy (non-hydrogen) atoms. The molecule has 0 aliphatic carbocycles. The van der Waals surface area contributed by atoms with Gasteiger partial charge in [0, 0.05) is 6.04 Å². The van der Waals surface area contributed by atoms with Crippen molar-refractivity contribution >= 4 is 0 Å². The van der Waals surface area contributed by atoms with Crippen molar-refractivity contribution in [1.82, 2.24) is 5.32 Å². The van der Waals surface area contributed by atoms with Gasteiger partial charge in [-0.1, -0.05) is 18.9 Å². The Kier molecular flexibility index (Phi) is 7.17. The Morgan fingerprint density at radius 1 is 1.42 bits per heavy atom. The van der Waals surface area contributed by atoms with Crippen molar-refractivity contribution in [2.24, 2.45) is 0 Å². The van der Waals surface area contributed by atoms with E-state index in [9.17, 15) is 0 Å². The molecule has 1 heteroatoms. The van der Waals surface area contributed by atoms with Gasteiger partial charge in [-0.3, -0.25) is 0 Å². The maximum Gasteiger partial charge on any atom is 0.00614 e. The molecule has 0 aliphatic rings. The van der Waals surface area contributed by atoms with Crippen LogP contribution in [0.2, 0.25) is 0 Å². The van der Waals surface area contributed by atoms with Crippen molar-refractivity contribution in [3.8, 4) is 0 Å². The summed E-state index contributed by atoms with van der Waals surface area (Å²) in [5.41, 5.74) is 1.31. The normalized spacial score (nSPS) is 12.9. The van der Waals surface area contributed by atoms with Crippen LogP contribution in [0.5, 0.6) is 0 Å². The zero-order chi connectivity index (χ0) is 9.40. The highest BCUT2D eigenvalue weighted by molar-refractivity contribution is 4.87. The summed E-state index contributed by atoms with van der Waals surface area (Å²) in [6.45, 7) is 8.24. The lowest BCUT2D eigenvalue weighted by Crippen LogP contribution is -2.23. The Hall–Kier alpha value is -0.300. The van der Waals surface area contributed by atoms with E-state index in [2.05, 4.69) is 25.7 Å². The Labute approximate surface area is 77.2 Å². The zero-order valence-corrected chi connectivity index (χ0v) is 8.82. The Balaban J connectivity index is 3.23. The zero-order valence-electron chi connectivity index (χ0n) is 8.82. The van der Waals surface area contributed by atoms with E-state index in [4.69, 9.17) is 0 Å². The van der Waals surface area contributed by atoms with E-state index < -0.39 is 0 Å². The predicted molar refractivity (Wildman–Crippen MR) is 56.4 cm³/mol. The summed E-state index contributed by atoms with van der Waals surface area (Å²) in [4.78, 5) is 0. The van der Waals surface area contributed by atoms with E-state index in [1.807, 2.05) is 7.05 Å². The van der Waals surface area contributed by atoms with Gasteiger partial charge < -0.3 is 5.32 Å². The van der Waals surface area contributed by atoms with Crippen molar-refractivity contribution in [3.05, 3.63) is 12.2 Å². The largest absolute Gasteiger partial charge is 0.317 e. The first-order chi connectivity index (χ1) is 5.70. The van der Waals surface area contributed by atoms with E-state index in [1.54, 1.807) is 0 Å². The van der Waals surface area contributed by atoms with E-state index in [1.165, 1.54) is 37.7 Å². The van der Waals surface area contributed by atoms with Crippen LogP contribution in [0.25, 0.3) is 0 Å². The van der Waals surface area contributed by atoms with Gasteiger partial charge in [0.1, 0.15) is 0 Å². The predicted octanol–water partition coefficient (Wildman–Crippen LogP) is 3.12. The second-order valence-electron chi connectivity index (χ2n) is 3.60. The van der Waals surface area contributed by atoms with Crippen molar-refractivity contribution in [2.75, 3.05) is 7.05 Å². The minimum atomic E-state index is 0.718. The standard InChI is InChI=1S/C11H23N/c1-5-11(12-4)9-7-6-8-10(2)3/h11-12H,2,5-9H2,1,3-4H3. The van der Waals surface area contributed by atoms with Crippen molar-refractivity contribution in [3.63, 3.8) is 0 Å². The number of nitrogens with one attached hydrogen (secondary N) is 1. The maximum absolute atomic E-state index is 3.90. The fraction of sp³-hybridized carbons (Fsp3) is 0.818. The molecule has 0 aromatic carbocycles. The number of unbranched alkanes of at least 4 members (excludes halogenated alkanes) is 1. The topological polar surface area (TPSA) is 12.0 Å². The first-order valence-corrected chi connectivity index (χ1v) is 5.02. The summed E-state index contributed by atoms with van der Waals surface area (Å²) in [6, 6.07) is 0.718. The van der Waals surface area contributed by atoms with Crippen LogP contribution in [0.4, 0.5) is 0 Å². The van der Waals surface area contributed by atoms with Gasteiger partial charge in [0.2, 0.25) is 0 Å². The second-order valence-corrected chi connectivity index (χ2v) is 3.60. The number of allylic oxidation sites excluding steroid dienone is 1. The maximum atomic E-state index is 3.90.